The molecule has 2 aromatic carbocycles. The predicted molar refractivity (Wildman–Crippen MR) is 137 cm³/mol. The molecule has 0 spiro atoms. The number of anilines is 1. The van der Waals surface area contributed by atoms with Crippen LogP contribution >= 0.6 is 11.6 Å². The highest BCUT2D eigenvalue weighted by Gasteiger charge is 2.31. The van der Waals surface area contributed by atoms with Crippen molar-refractivity contribution in [1.82, 2.24) is 24.2 Å². The number of halogens is 5. The Morgan fingerprint density at radius 2 is 1.82 bits per heavy atom. The molecular weight excluding hydrogens is 540 g/mol. The van der Waals surface area contributed by atoms with Crippen molar-refractivity contribution in [3.63, 3.8) is 0 Å². The lowest BCUT2D eigenvalue weighted by molar-refractivity contribution is -0.274. The molecule has 0 saturated carbocycles. The van der Waals surface area contributed by atoms with Crippen molar-refractivity contribution in [3.05, 3.63) is 77.5 Å². The number of carbonyl (C=O) groups excluding carboxylic acids is 1. The fourth-order valence-corrected chi connectivity index (χ4v) is 4.65. The average Bonchev–Trinajstić information content (AvgIpc) is 3.28. The summed E-state index contributed by atoms with van der Waals surface area (Å²) in [6.45, 7) is 2.40. The lowest BCUT2D eigenvalue weighted by Crippen LogP contribution is -2.49. The van der Waals surface area contributed by atoms with Crippen LogP contribution in [-0.4, -0.2) is 69.2 Å². The van der Waals surface area contributed by atoms with Crippen LogP contribution in [0.3, 0.4) is 0 Å². The highest BCUT2D eigenvalue weighted by molar-refractivity contribution is 6.31. The molecule has 1 aliphatic rings. The Bertz CT molecular complexity index is 1450. The maximum absolute atomic E-state index is 14.2. The Hall–Kier alpha value is -3.90. The minimum Gasteiger partial charge on any atom is -0.406 e. The van der Waals surface area contributed by atoms with Gasteiger partial charge in [0.1, 0.15) is 23.1 Å². The molecule has 0 bridgehead atoms. The number of carbonyl (C=O) groups is 1. The smallest absolute Gasteiger partial charge is 0.406 e. The molecule has 204 valence electrons. The van der Waals surface area contributed by atoms with Crippen LogP contribution in [0.15, 0.2) is 61.1 Å². The van der Waals surface area contributed by atoms with E-state index in [0.717, 1.165) is 0 Å². The van der Waals surface area contributed by atoms with Crippen LogP contribution in [0.4, 0.5) is 23.4 Å². The topological polar surface area (TPSA) is 75.0 Å². The van der Waals surface area contributed by atoms with Crippen LogP contribution in [0.5, 0.6) is 5.75 Å². The molecule has 2 aromatic heterocycles. The van der Waals surface area contributed by atoms with E-state index < -0.39 is 6.36 Å². The van der Waals surface area contributed by atoms with E-state index in [1.54, 1.807) is 40.0 Å². The van der Waals surface area contributed by atoms with Crippen LogP contribution in [0.1, 0.15) is 5.56 Å². The maximum Gasteiger partial charge on any atom is 0.573 e. The summed E-state index contributed by atoms with van der Waals surface area (Å²) in [6.07, 6.45) is -0.0164. The lowest BCUT2D eigenvalue weighted by atomic mass is 10.1. The number of imidazole rings is 1. The van der Waals surface area contributed by atoms with Gasteiger partial charge in [-0.05, 0) is 36.4 Å². The SMILES string of the molecule is O=C(CNc1c(-c2ccc(OC(F)(F)F)cc2)nc2cnccn12)N1CCN(Cc2c(F)cccc2Cl)CC1. The molecule has 39 heavy (non-hydrogen) atoms. The summed E-state index contributed by atoms with van der Waals surface area (Å²) >= 11 is 6.15. The largest absolute Gasteiger partial charge is 0.573 e. The van der Waals surface area contributed by atoms with Crippen molar-refractivity contribution >= 4 is 29.0 Å². The van der Waals surface area contributed by atoms with Crippen molar-refractivity contribution in [2.45, 2.75) is 12.9 Å². The standard InChI is InChI=1S/C26H23ClF4N6O2/c27-20-2-1-3-21(28)19(20)16-35-10-12-36(13-11-35)23(38)15-33-25-24(34-22-14-32-8-9-37(22)25)17-4-6-18(7-5-17)39-26(29,30)31/h1-9,14,33H,10-13,15-16H2. The highest BCUT2D eigenvalue weighted by atomic mass is 35.5. The highest BCUT2D eigenvalue weighted by Crippen LogP contribution is 2.31. The Morgan fingerprint density at radius 1 is 1.08 bits per heavy atom. The number of hydrogen-bond acceptors (Lipinski definition) is 6. The van der Waals surface area contributed by atoms with E-state index in [0.29, 0.717) is 66.0 Å². The molecule has 13 heteroatoms. The zero-order chi connectivity index (χ0) is 27.6. The van der Waals surface area contributed by atoms with Gasteiger partial charge < -0.3 is 15.0 Å². The van der Waals surface area contributed by atoms with E-state index in [4.69, 9.17) is 11.6 Å². The van der Waals surface area contributed by atoms with Crippen molar-refractivity contribution in [1.29, 1.82) is 0 Å². The van der Waals surface area contributed by atoms with Crippen LogP contribution in [0.2, 0.25) is 5.02 Å². The third-order valence-corrected chi connectivity index (χ3v) is 6.72. The number of nitrogens with zero attached hydrogens (tertiary/aromatic N) is 5. The molecule has 1 fully saturated rings. The van der Waals surface area contributed by atoms with Gasteiger partial charge in [-0.1, -0.05) is 17.7 Å². The molecule has 0 atom stereocenters. The lowest BCUT2D eigenvalue weighted by Gasteiger charge is -2.35. The average molecular weight is 563 g/mol. The zero-order valence-electron chi connectivity index (χ0n) is 20.5. The molecule has 0 aliphatic carbocycles. The van der Waals surface area contributed by atoms with Crippen LogP contribution in [0.25, 0.3) is 16.9 Å². The molecular formula is C26H23ClF4N6O2. The summed E-state index contributed by atoms with van der Waals surface area (Å²) in [4.78, 5) is 25.4. The number of benzene rings is 2. The van der Waals surface area contributed by atoms with E-state index in [1.165, 1.54) is 30.3 Å². The number of ether oxygens (including phenoxy) is 1. The number of aromatic nitrogens is 3. The summed E-state index contributed by atoms with van der Waals surface area (Å²) in [5, 5.41) is 3.51. The maximum atomic E-state index is 14.2. The summed E-state index contributed by atoms with van der Waals surface area (Å²) in [6, 6.07) is 9.92. The number of amides is 1. The van der Waals surface area contributed by atoms with E-state index >= 15 is 0 Å². The minimum atomic E-state index is -4.79. The molecule has 1 amide bonds. The molecule has 1 N–H and O–H groups in total. The first kappa shape index (κ1) is 26.7. The Kier molecular flexibility index (Phi) is 7.58. The van der Waals surface area contributed by atoms with Crippen molar-refractivity contribution in [2.75, 3.05) is 38.0 Å². The molecule has 0 radical (unpaired) electrons. The number of hydrogen-bond donors (Lipinski definition) is 1. The number of rotatable bonds is 7. The molecule has 1 saturated heterocycles. The molecule has 5 rings (SSSR count). The number of fused-ring (bicyclic) bond motifs is 1. The Balaban J connectivity index is 1.25. The van der Waals surface area contributed by atoms with Crippen molar-refractivity contribution in [2.24, 2.45) is 0 Å². The molecule has 3 heterocycles. The monoisotopic (exact) mass is 562 g/mol. The van der Waals surface area contributed by atoms with Gasteiger partial charge in [0.25, 0.3) is 0 Å². The second kappa shape index (κ2) is 11.1. The van der Waals surface area contributed by atoms with Gasteiger partial charge in [-0.3, -0.25) is 19.1 Å². The van der Waals surface area contributed by atoms with E-state index in [2.05, 4.69) is 20.0 Å². The van der Waals surface area contributed by atoms with Gasteiger partial charge in [-0.2, -0.15) is 0 Å². The number of piperazine rings is 1. The van der Waals surface area contributed by atoms with E-state index in [1.807, 2.05) is 4.90 Å². The summed E-state index contributed by atoms with van der Waals surface area (Å²) < 4.78 is 57.4. The van der Waals surface area contributed by atoms with Gasteiger partial charge in [0.15, 0.2) is 5.65 Å². The van der Waals surface area contributed by atoms with Crippen LogP contribution in [-0.2, 0) is 11.3 Å². The predicted octanol–water partition coefficient (Wildman–Crippen LogP) is 4.84. The number of alkyl halides is 3. The van der Waals surface area contributed by atoms with Gasteiger partial charge in [-0.15, -0.1) is 13.2 Å². The molecule has 0 unspecified atom stereocenters. The second-order valence-electron chi connectivity index (χ2n) is 8.90. The van der Waals surface area contributed by atoms with Gasteiger partial charge in [0.05, 0.1) is 12.7 Å². The Morgan fingerprint density at radius 3 is 2.51 bits per heavy atom. The fraction of sp³-hybridized carbons (Fsp3) is 0.269. The van der Waals surface area contributed by atoms with E-state index in [9.17, 15) is 22.4 Å². The third kappa shape index (κ3) is 6.23. The zero-order valence-corrected chi connectivity index (χ0v) is 21.2. The van der Waals surface area contributed by atoms with E-state index in [-0.39, 0.29) is 24.0 Å². The summed E-state index contributed by atoms with van der Waals surface area (Å²) in [5.41, 5.74) is 1.91. The first-order chi connectivity index (χ1) is 18.7. The van der Waals surface area contributed by atoms with Crippen LogP contribution < -0.4 is 10.1 Å². The van der Waals surface area contributed by atoms with Crippen molar-refractivity contribution < 1.29 is 27.1 Å². The molecule has 8 nitrogen and oxygen atoms in total. The Labute approximate surface area is 225 Å². The van der Waals surface area contributed by atoms with Crippen LogP contribution in [0, 0.1) is 5.82 Å². The fourth-order valence-electron chi connectivity index (χ4n) is 4.42. The summed E-state index contributed by atoms with van der Waals surface area (Å²) in [5.74, 6) is -0.343. The first-order valence-corrected chi connectivity index (χ1v) is 12.4. The van der Waals surface area contributed by atoms with Gasteiger partial charge in [0, 0.05) is 61.3 Å². The third-order valence-electron chi connectivity index (χ3n) is 6.37. The first-order valence-electron chi connectivity index (χ1n) is 12.0. The van der Waals surface area contributed by atoms with Gasteiger partial charge >= 0.3 is 6.36 Å². The second-order valence-corrected chi connectivity index (χ2v) is 9.30. The van der Waals surface area contributed by atoms with Gasteiger partial charge in [0.2, 0.25) is 5.91 Å². The van der Waals surface area contributed by atoms with Crippen molar-refractivity contribution in [3.8, 4) is 17.0 Å². The van der Waals surface area contributed by atoms with Gasteiger partial charge in [-0.25, -0.2) is 9.37 Å². The molecule has 1 aliphatic heterocycles. The molecule has 4 aromatic rings. The number of nitrogens with one attached hydrogen (secondary N) is 1. The normalized spacial score (nSPS) is 14.5. The summed E-state index contributed by atoms with van der Waals surface area (Å²) in [7, 11) is 0. The minimum absolute atomic E-state index is 0.0302. The quantitative estimate of drug-likeness (QED) is 0.325.